The van der Waals surface area contributed by atoms with Crippen LogP contribution in [-0.2, 0) is 20.8 Å². The van der Waals surface area contributed by atoms with Gasteiger partial charge in [-0.05, 0) is 56.9 Å². The summed E-state index contributed by atoms with van der Waals surface area (Å²) in [6.07, 6.45) is 12.3. The number of aliphatic carboxylic acids is 1. The van der Waals surface area contributed by atoms with Gasteiger partial charge >= 0.3 is 5.97 Å². The molecular formula is C30H40N2O4S. The van der Waals surface area contributed by atoms with Gasteiger partial charge < -0.3 is 14.6 Å². The van der Waals surface area contributed by atoms with Crippen molar-refractivity contribution in [2.75, 3.05) is 32.2 Å². The second kappa shape index (κ2) is 15.6. The van der Waals surface area contributed by atoms with Crippen LogP contribution in [0.25, 0.3) is 16.7 Å². The maximum Gasteiger partial charge on any atom is 0.329 e. The fraction of sp³-hybridized carbons (Fsp3) is 0.467. The van der Waals surface area contributed by atoms with E-state index in [2.05, 4.69) is 41.6 Å². The third-order valence-corrected chi connectivity index (χ3v) is 7.59. The van der Waals surface area contributed by atoms with Crippen LogP contribution < -0.4 is 0 Å². The first-order valence-corrected chi connectivity index (χ1v) is 14.2. The summed E-state index contributed by atoms with van der Waals surface area (Å²) >= 11 is 1.81. The molecule has 0 spiro atoms. The molecule has 0 atom stereocenters. The second-order valence-electron chi connectivity index (χ2n) is 9.28. The highest BCUT2D eigenvalue weighted by Gasteiger charge is 2.26. The van der Waals surface area contributed by atoms with Crippen LogP contribution in [0.4, 0.5) is 0 Å². The molecule has 0 unspecified atom stereocenters. The molecule has 0 amide bonds. The van der Waals surface area contributed by atoms with Crippen LogP contribution in [0.1, 0.15) is 45.2 Å². The summed E-state index contributed by atoms with van der Waals surface area (Å²) in [5, 5.41) is 15.2. The molecule has 0 radical (unpaired) electrons. The van der Waals surface area contributed by atoms with E-state index in [-0.39, 0.29) is 6.61 Å². The van der Waals surface area contributed by atoms with Crippen molar-refractivity contribution in [1.29, 1.82) is 0 Å². The maximum atomic E-state index is 10.7. The minimum atomic E-state index is -0.908. The summed E-state index contributed by atoms with van der Waals surface area (Å²) in [7, 11) is 0. The summed E-state index contributed by atoms with van der Waals surface area (Å²) < 4.78 is 13.2. The van der Waals surface area contributed by atoms with Crippen molar-refractivity contribution in [1.82, 2.24) is 9.78 Å². The highest BCUT2D eigenvalue weighted by molar-refractivity contribution is 7.99. The maximum absolute atomic E-state index is 10.7. The van der Waals surface area contributed by atoms with Crippen LogP contribution in [0.15, 0.2) is 66.2 Å². The third kappa shape index (κ3) is 8.73. The minimum absolute atomic E-state index is 0.215. The SMILES string of the molecule is C=C/C=C(\C=C/C)c1nn(CC2CCC(COCC(=O)O)CC2)c(SCCOCC)c1-c1ccccc1. The average Bonchev–Trinajstić information content (AvgIpc) is 3.25. The number of carboxylic acids is 1. The monoisotopic (exact) mass is 524 g/mol. The van der Waals surface area contributed by atoms with Crippen LogP contribution in [-0.4, -0.2) is 53.0 Å². The number of aromatic nitrogens is 2. The molecule has 1 aromatic heterocycles. The predicted octanol–water partition coefficient (Wildman–Crippen LogP) is 6.73. The molecule has 1 N–H and O–H groups in total. The van der Waals surface area contributed by atoms with Crippen molar-refractivity contribution in [2.45, 2.75) is 51.1 Å². The molecule has 7 heteroatoms. The van der Waals surface area contributed by atoms with E-state index in [1.54, 1.807) is 0 Å². The first-order chi connectivity index (χ1) is 18.1. The lowest BCUT2D eigenvalue weighted by molar-refractivity contribution is -0.142. The van der Waals surface area contributed by atoms with E-state index in [1.165, 1.54) is 5.03 Å². The Hall–Kier alpha value is -2.61. The lowest BCUT2D eigenvalue weighted by Gasteiger charge is -2.28. The van der Waals surface area contributed by atoms with Crippen LogP contribution in [0.2, 0.25) is 0 Å². The highest BCUT2D eigenvalue weighted by Crippen LogP contribution is 2.39. The molecule has 1 aromatic carbocycles. The fourth-order valence-corrected chi connectivity index (χ4v) is 5.80. The van der Waals surface area contributed by atoms with E-state index in [4.69, 9.17) is 19.7 Å². The molecular weight excluding hydrogens is 484 g/mol. The van der Waals surface area contributed by atoms with Crippen LogP contribution in [0.5, 0.6) is 0 Å². The lowest BCUT2D eigenvalue weighted by atomic mass is 9.82. The van der Waals surface area contributed by atoms with Crippen molar-refractivity contribution in [3.63, 3.8) is 0 Å². The molecule has 2 aromatic rings. The van der Waals surface area contributed by atoms with Crippen LogP contribution in [0, 0.1) is 11.8 Å². The van der Waals surface area contributed by atoms with Gasteiger partial charge in [-0.1, -0.05) is 61.2 Å². The number of allylic oxidation sites excluding steroid dienone is 5. The summed E-state index contributed by atoms with van der Waals surface area (Å²) in [5.41, 5.74) is 4.32. The van der Waals surface area contributed by atoms with Crippen molar-refractivity contribution < 1.29 is 19.4 Å². The van der Waals surface area contributed by atoms with Crippen LogP contribution in [0.3, 0.4) is 0 Å². The van der Waals surface area contributed by atoms with Crippen molar-refractivity contribution in [2.24, 2.45) is 11.8 Å². The summed E-state index contributed by atoms with van der Waals surface area (Å²) in [6, 6.07) is 10.5. The summed E-state index contributed by atoms with van der Waals surface area (Å²) in [6.45, 7) is 10.6. The van der Waals surface area contributed by atoms with Gasteiger partial charge in [0, 0.05) is 30.0 Å². The number of thioether (sulfide) groups is 1. The first-order valence-electron chi connectivity index (χ1n) is 13.2. The quantitative estimate of drug-likeness (QED) is 0.158. The van der Waals surface area contributed by atoms with E-state index in [9.17, 15) is 4.79 Å². The molecule has 1 aliphatic rings. The third-order valence-electron chi connectivity index (χ3n) is 6.53. The van der Waals surface area contributed by atoms with Gasteiger partial charge in [-0.2, -0.15) is 5.10 Å². The number of carboxylic acid groups (broad SMARTS) is 1. The molecule has 3 rings (SSSR count). The lowest BCUT2D eigenvalue weighted by Crippen LogP contribution is -2.23. The minimum Gasteiger partial charge on any atom is -0.480 e. The normalized spacial score (nSPS) is 18.4. The molecule has 1 saturated carbocycles. The van der Waals surface area contributed by atoms with E-state index < -0.39 is 5.97 Å². The van der Waals surface area contributed by atoms with Gasteiger partial charge in [0.2, 0.25) is 0 Å². The number of rotatable bonds is 15. The second-order valence-corrected chi connectivity index (χ2v) is 10.4. The van der Waals surface area contributed by atoms with E-state index >= 15 is 0 Å². The number of hydrogen-bond acceptors (Lipinski definition) is 5. The van der Waals surface area contributed by atoms with Gasteiger partial charge in [0.1, 0.15) is 17.3 Å². The number of benzene rings is 1. The number of carbonyl (C=O) groups is 1. The van der Waals surface area contributed by atoms with Crippen molar-refractivity contribution in [3.8, 4) is 11.1 Å². The zero-order valence-corrected chi connectivity index (χ0v) is 22.9. The van der Waals surface area contributed by atoms with Gasteiger partial charge in [0.25, 0.3) is 0 Å². The number of ether oxygens (including phenoxy) is 2. The number of hydrogen-bond donors (Lipinski definition) is 1. The molecule has 0 bridgehead atoms. The number of nitrogens with zero attached hydrogens (tertiary/aromatic N) is 2. The first kappa shape index (κ1) is 29.0. The molecule has 1 aliphatic carbocycles. The molecule has 1 fully saturated rings. The Bertz CT molecular complexity index is 1050. The molecule has 0 aliphatic heterocycles. The molecule has 1 heterocycles. The average molecular weight is 525 g/mol. The summed E-state index contributed by atoms with van der Waals surface area (Å²) in [4.78, 5) is 10.7. The van der Waals surface area contributed by atoms with Gasteiger partial charge in [0.15, 0.2) is 0 Å². The van der Waals surface area contributed by atoms with E-state index in [0.717, 1.165) is 60.4 Å². The molecule has 37 heavy (non-hydrogen) atoms. The van der Waals surface area contributed by atoms with Crippen molar-refractivity contribution >= 4 is 23.3 Å². The van der Waals surface area contributed by atoms with E-state index in [0.29, 0.717) is 31.7 Å². The molecule has 0 saturated heterocycles. The zero-order valence-electron chi connectivity index (χ0n) is 22.1. The Balaban J connectivity index is 1.89. The van der Waals surface area contributed by atoms with E-state index in [1.807, 2.05) is 49.9 Å². The largest absolute Gasteiger partial charge is 0.480 e. The smallest absolute Gasteiger partial charge is 0.329 e. The van der Waals surface area contributed by atoms with Crippen LogP contribution >= 0.6 is 11.8 Å². The fourth-order valence-electron chi connectivity index (χ4n) is 4.78. The molecule has 6 nitrogen and oxygen atoms in total. The van der Waals surface area contributed by atoms with Gasteiger partial charge in [-0.3, -0.25) is 4.68 Å². The van der Waals surface area contributed by atoms with Gasteiger partial charge in [-0.15, -0.1) is 11.8 Å². The zero-order chi connectivity index (χ0) is 26.5. The standard InChI is InChI=1S/C30H40N2O4S/c1-4-10-26(11-5-2)29-28(25-12-8-7-9-13-25)30(37-19-18-35-6-3)32(31-29)20-23-14-16-24(17-15-23)21-36-22-27(33)34/h4-5,7-13,23-24H,1,6,14-22H2,2-3H3,(H,33,34)/b11-5-,26-10+. The predicted molar refractivity (Wildman–Crippen MR) is 152 cm³/mol. The van der Waals surface area contributed by atoms with Crippen molar-refractivity contribution in [3.05, 3.63) is 66.9 Å². The Morgan fingerprint density at radius 2 is 1.92 bits per heavy atom. The Labute approximate surface area is 225 Å². The van der Waals surface area contributed by atoms with Gasteiger partial charge in [-0.25, -0.2) is 4.79 Å². The van der Waals surface area contributed by atoms with Gasteiger partial charge in [0.05, 0.1) is 13.2 Å². The summed E-state index contributed by atoms with van der Waals surface area (Å²) in [5.74, 6) is 0.901. The molecule has 200 valence electrons. The Kier molecular flexibility index (Phi) is 12.2. The Morgan fingerprint density at radius 1 is 1.19 bits per heavy atom. The Morgan fingerprint density at radius 3 is 2.57 bits per heavy atom. The highest BCUT2D eigenvalue weighted by atomic mass is 32.2. The topological polar surface area (TPSA) is 73.6 Å².